The van der Waals surface area contributed by atoms with Gasteiger partial charge in [0.1, 0.15) is 12.5 Å². The maximum atomic E-state index is 12.1. The lowest BCUT2D eigenvalue weighted by Gasteiger charge is -2.32. The van der Waals surface area contributed by atoms with Crippen molar-refractivity contribution >= 4 is 19.1 Å². The molecule has 0 bridgehead atoms. The fraction of sp³-hybridized carbons (Fsp3) is 0.471. The molecule has 26 heavy (non-hydrogen) atoms. The number of benzene rings is 1. The molecule has 1 aliphatic heterocycles. The van der Waals surface area contributed by atoms with Crippen molar-refractivity contribution in [1.82, 2.24) is 10.2 Å². The summed E-state index contributed by atoms with van der Waals surface area (Å²) in [5, 5.41) is 30.1. The molecule has 8 nitrogen and oxygen atoms in total. The lowest BCUT2D eigenvalue weighted by molar-refractivity contribution is -0.133. The zero-order valence-corrected chi connectivity index (χ0v) is 14.4. The van der Waals surface area contributed by atoms with Crippen LogP contribution in [0.3, 0.4) is 0 Å². The van der Waals surface area contributed by atoms with Crippen molar-refractivity contribution in [3.8, 4) is 6.07 Å². The summed E-state index contributed by atoms with van der Waals surface area (Å²) in [6.45, 7) is 0.771. The second-order valence-electron chi connectivity index (χ2n) is 6.20. The van der Waals surface area contributed by atoms with Crippen LogP contribution in [0.25, 0.3) is 0 Å². The number of carbonyl (C=O) groups excluding carboxylic acids is 2. The summed E-state index contributed by atoms with van der Waals surface area (Å²) < 4.78 is 5.32. The zero-order valence-electron chi connectivity index (χ0n) is 14.4. The summed E-state index contributed by atoms with van der Waals surface area (Å²) in [5.74, 6) is -1.20. The Balaban J connectivity index is 1.87. The molecule has 0 spiro atoms. The molecule has 1 aromatic rings. The van der Waals surface area contributed by atoms with Gasteiger partial charge in [-0.3, -0.25) is 4.79 Å². The van der Waals surface area contributed by atoms with Gasteiger partial charge in [-0.1, -0.05) is 30.3 Å². The molecule has 2 rings (SSSR count). The van der Waals surface area contributed by atoms with Crippen molar-refractivity contribution in [2.75, 3.05) is 13.1 Å². The van der Waals surface area contributed by atoms with Gasteiger partial charge in [-0.15, -0.1) is 0 Å². The van der Waals surface area contributed by atoms with Gasteiger partial charge in [0, 0.05) is 6.54 Å². The Morgan fingerprint density at radius 3 is 2.77 bits per heavy atom. The number of likely N-dealkylation sites (tertiary alicyclic amines) is 1. The predicted octanol–water partition coefficient (Wildman–Crippen LogP) is 0.241. The van der Waals surface area contributed by atoms with Crippen LogP contribution in [0, 0.1) is 11.3 Å². The van der Waals surface area contributed by atoms with Crippen LogP contribution in [0.2, 0.25) is 0 Å². The van der Waals surface area contributed by atoms with Gasteiger partial charge in [-0.25, -0.2) is 4.79 Å². The molecule has 9 heteroatoms. The minimum Gasteiger partial charge on any atom is -0.444 e. The fourth-order valence-corrected chi connectivity index (χ4v) is 2.88. The number of carbonyl (C=O) groups is 2. The van der Waals surface area contributed by atoms with E-state index in [0.29, 0.717) is 19.4 Å². The number of nitriles is 1. The van der Waals surface area contributed by atoms with Crippen LogP contribution >= 0.6 is 0 Å². The highest BCUT2D eigenvalue weighted by Crippen LogP contribution is 2.14. The molecule has 0 saturated carbocycles. The Morgan fingerprint density at radius 2 is 2.12 bits per heavy atom. The molecule has 2 amide bonds. The number of nitrogens with zero attached hydrogens (tertiary/aromatic N) is 2. The molecule has 0 radical (unpaired) electrons. The van der Waals surface area contributed by atoms with Crippen molar-refractivity contribution in [1.29, 1.82) is 5.26 Å². The molecule has 1 aliphatic rings. The molecule has 0 aliphatic carbocycles. The Morgan fingerprint density at radius 1 is 1.38 bits per heavy atom. The van der Waals surface area contributed by atoms with Crippen molar-refractivity contribution in [3.63, 3.8) is 0 Å². The van der Waals surface area contributed by atoms with Crippen molar-refractivity contribution in [2.24, 2.45) is 0 Å². The van der Waals surface area contributed by atoms with Gasteiger partial charge in [0.15, 0.2) is 0 Å². The van der Waals surface area contributed by atoms with Gasteiger partial charge in [0.05, 0.1) is 18.6 Å². The molecule has 138 valence electrons. The monoisotopic (exact) mass is 359 g/mol. The largest absolute Gasteiger partial charge is 0.475 e. The number of hydrogen-bond acceptors (Lipinski definition) is 6. The number of alkyl carbamates (subject to hydrolysis) is 1. The molecule has 2 atom stereocenters. The lowest BCUT2D eigenvalue weighted by atomic mass is 9.76. The number of amides is 2. The molecule has 3 N–H and O–H groups in total. The van der Waals surface area contributed by atoms with Crippen LogP contribution in [-0.4, -0.2) is 59.2 Å². The average molecular weight is 359 g/mol. The average Bonchev–Trinajstić information content (AvgIpc) is 2.62. The van der Waals surface area contributed by atoms with Crippen LogP contribution in [0.5, 0.6) is 0 Å². The molecule has 2 unspecified atom stereocenters. The first-order chi connectivity index (χ1) is 12.5. The van der Waals surface area contributed by atoms with E-state index >= 15 is 0 Å². The topological polar surface area (TPSA) is 123 Å². The second kappa shape index (κ2) is 9.80. The first-order valence-corrected chi connectivity index (χ1v) is 8.51. The summed E-state index contributed by atoms with van der Waals surface area (Å²) in [7, 11) is -1.73. The van der Waals surface area contributed by atoms with E-state index in [9.17, 15) is 19.6 Å². The zero-order chi connectivity index (χ0) is 18.9. The quantitative estimate of drug-likeness (QED) is 0.626. The lowest BCUT2D eigenvalue weighted by Crippen LogP contribution is -2.50. The van der Waals surface area contributed by atoms with Crippen LogP contribution in [0.1, 0.15) is 24.8 Å². The van der Waals surface area contributed by atoms with E-state index < -0.39 is 25.3 Å². The van der Waals surface area contributed by atoms with Crippen LogP contribution < -0.4 is 5.32 Å². The summed E-state index contributed by atoms with van der Waals surface area (Å²) in [5.41, 5.74) is 0.844. The fourth-order valence-electron chi connectivity index (χ4n) is 2.88. The third-order valence-corrected chi connectivity index (χ3v) is 4.20. The Labute approximate surface area is 152 Å². The van der Waals surface area contributed by atoms with Crippen molar-refractivity contribution in [2.45, 2.75) is 37.7 Å². The van der Waals surface area contributed by atoms with Gasteiger partial charge in [0.25, 0.3) is 0 Å². The van der Waals surface area contributed by atoms with Gasteiger partial charge >= 0.3 is 13.2 Å². The highest BCUT2D eigenvalue weighted by molar-refractivity contribution is 6.43. The Bertz CT molecular complexity index is 650. The number of piperidine rings is 1. The minimum absolute atomic E-state index is 0.200. The van der Waals surface area contributed by atoms with Crippen molar-refractivity contribution in [3.05, 3.63) is 35.9 Å². The van der Waals surface area contributed by atoms with E-state index in [0.717, 1.165) is 5.56 Å². The van der Waals surface area contributed by atoms with Crippen LogP contribution in [0.4, 0.5) is 4.79 Å². The summed E-state index contributed by atoms with van der Waals surface area (Å²) >= 11 is 0. The number of hydrogen-bond donors (Lipinski definition) is 3. The van der Waals surface area contributed by atoms with Gasteiger partial charge in [-0.05, 0) is 24.8 Å². The van der Waals surface area contributed by atoms with E-state index in [-0.39, 0.29) is 25.3 Å². The Kier molecular flexibility index (Phi) is 7.44. The van der Waals surface area contributed by atoms with E-state index in [4.69, 9.17) is 10.00 Å². The van der Waals surface area contributed by atoms with Crippen LogP contribution in [0.15, 0.2) is 30.3 Å². The van der Waals surface area contributed by atoms with E-state index in [1.807, 2.05) is 36.4 Å². The standard InChI is InChI=1S/C17H22BN3O5/c19-9-8-16(22)21-10-4-7-14(12-21)26-17(23)20-15(18(24)25)11-13-5-2-1-3-6-13/h1-3,5-6,14-15,24-25H,4,7-8,10-12H2,(H,20,23). The minimum atomic E-state index is -1.73. The maximum absolute atomic E-state index is 12.1. The first-order valence-electron chi connectivity index (χ1n) is 8.51. The van der Waals surface area contributed by atoms with E-state index in [2.05, 4.69) is 5.32 Å². The molecular formula is C17H22BN3O5. The molecular weight excluding hydrogens is 337 g/mol. The van der Waals surface area contributed by atoms with Crippen molar-refractivity contribution < 1.29 is 24.4 Å². The Hall–Kier alpha value is -2.57. The predicted molar refractivity (Wildman–Crippen MR) is 93.6 cm³/mol. The second-order valence-corrected chi connectivity index (χ2v) is 6.20. The maximum Gasteiger partial charge on any atom is 0.475 e. The molecule has 0 aromatic heterocycles. The van der Waals surface area contributed by atoms with Gasteiger partial charge in [0.2, 0.25) is 5.91 Å². The summed E-state index contributed by atoms with van der Waals surface area (Å²) in [6, 6.07) is 10.9. The number of nitrogens with one attached hydrogen (secondary N) is 1. The molecule has 1 heterocycles. The summed E-state index contributed by atoms with van der Waals surface area (Å²) in [4.78, 5) is 25.4. The summed E-state index contributed by atoms with van der Waals surface area (Å²) in [6.07, 6.45) is 0.0676. The van der Waals surface area contributed by atoms with Gasteiger partial charge in [-0.2, -0.15) is 5.26 Å². The first kappa shape index (κ1) is 19.8. The smallest absolute Gasteiger partial charge is 0.444 e. The number of ether oxygens (including phenoxy) is 1. The SMILES string of the molecule is N#CCC(=O)N1CCCC(OC(=O)NC(Cc2ccccc2)B(O)O)C1. The highest BCUT2D eigenvalue weighted by atomic mass is 16.6. The highest BCUT2D eigenvalue weighted by Gasteiger charge is 2.29. The normalized spacial score (nSPS) is 17.7. The third kappa shape index (κ3) is 6.06. The molecule has 1 fully saturated rings. The molecule has 1 aromatic carbocycles. The van der Waals surface area contributed by atoms with Crippen LogP contribution in [-0.2, 0) is 16.0 Å². The van der Waals surface area contributed by atoms with Gasteiger partial charge < -0.3 is 25.0 Å². The third-order valence-electron chi connectivity index (χ3n) is 4.20. The number of rotatable bonds is 6. The van der Waals surface area contributed by atoms with E-state index in [1.165, 1.54) is 4.90 Å². The van der Waals surface area contributed by atoms with E-state index in [1.54, 1.807) is 0 Å². The molecule has 1 saturated heterocycles.